The molecule has 4 rings (SSSR count). The quantitative estimate of drug-likeness (QED) is 0.489. The Bertz CT molecular complexity index is 1080. The molecular weight excluding hydrogens is 414 g/mol. The van der Waals surface area contributed by atoms with E-state index in [9.17, 15) is 4.79 Å². The first kappa shape index (κ1) is 21.1. The maximum atomic E-state index is 12.6. The van der Waals surface area contributed by atoms with Crippen molar-refractivity contribution in [2.24, 2.45) is 0 Å². The minimum absolute atomic E-state index is 0.0957. The predicted octanol–water partition coefficient (Wildman–Crippen LogP) is 6.04. The third-order valence-corrected chi connectivity index (χ3v) is 5.43. The molecule has 1 amide bonds. The van der Waals surface area contributed by atoms with Gasteiger partial charge in [0.15, 0.2) is 12.4 Å². The first-order chi connectivity index (χ1) is 15.1. The summed E-state index contributed by atoms with van der Waals surface area (Å²) >= 11 is 6.15. The Kier molecular flexibility index (Phi) is 6.63. The number of methoxy groups -OCH3 is 1. The van der Waals surface area contributed by atoms with Crippen LogP contribution < -0.4 is 19.5 Å². The second-order valence-corrected chi connectivity index (χ2v) is 7.80. The molecule has 0 fully saturated rings. The molecule has 0 atom stereocenters. The summed E-state index contributed by atoms with van der Waals surface area (Å²) in [6.45, 7) is -0.0957. The molecule has 0 aliphatic heterocycles. The van der Waals surface area contributed by atoms with E-state index in [4.69, 9.17) is 25.8 Å². The van der Waals surface area contributed by atoms with Gasteiger partial charge in [0.2, 0.25) is 0 Å². The van der Waals surface area contributed by atoms with Crippen LogP contribution in [-0.4, -0.2) is 19.6 Å². The summed E-state index contributed by atoms with van der Waals surface area (Å²) in [5.41, 5.74) is 3.00. The molecule has 0 bridgehead atoms. The summed E-state index contributed by atoms with van der Waals surface area (Å²) in [5, 5.41) is 3.34. The standard InChI is InChI=1S/C25H24ClNO4/c1-29-19-8-5-9-20(15-19)31-24-13-12-18(26)14-22(24)27-25(28)16-30-23-11-4-7-17-6-2-3-10-21(17)23/h4-5,7-9,11-15H,2-3,6,10,16H2,1H3,(H,27,28). The number of halogens is 1. The van der Waals surface area contributed by atoms with E-state index in [0.717, 1.165) is 25.0 Å². The minimum atomic E-state index is -0.286. The number of carbonyl (C=O) groups is 1. The normalized spacial score (nSPS) is 12.6. The van der Waals surface area contributed by atoms with Gasteiger partial charge in [-0.25, -0.2) is 0 Å². The Balaban J connectivity index is 1.45. The number of hydrogen-bond donors (Lipinski definition) is 1. The molecule has 0 unspecified atom stereocenters. The third kappa shape index (κ3) is 5.30. The van der Waals surface area contributed by atoms with Gasteiger partial charge in [-0.15, -0.1) is 0 Å². The molecule has 31 heavy (non-hydrogen) atoms. The molecule has 6 heteroatoms. The molecule has 1 aliphatic carbocycles. The lowest BCUT2D eigenvalue weighted by molar-refractivity contribution is -0.118. The van der Waals surface area contributed by atoms with Gasteiger partial charge in [-0.05, 0) is 73.2 Å². The van der Waals surface area contributed by atoms with E-state index in [1.54, 1.807) is 31.4 Å². The lowest BCUT2D eigenvalue weighted by Gasteiger charge is -2.19. The lowest BCUT2D eigenvalue weighted by Crippen LogP contribution is -2.21. The van der Waals surface area contributed by atoms with Gasteiger partial charge >= 0.3 is 0 Å². The van der Waals surface area contributed by atoms with Crippen molar-refractivity contribution in [1.82, 2.24) is 0 Å². The van der Waals surface area contributed by atoms with Crippen molar-refractivity contribution in [2.75, 3.05) is 19.0 Å². The number of rotatable bonds is 7. The van der Waals surface area contributed by atoms with Gasteiger partial charge in [0, 0.05) is 11.1 Å². The van der Waals surface area contributed by atoms with Crippen molar-refractivity contribution in [1.29, 1.82) is 0 Å². The second-order valence-electron chi connectivity index (χ2n) is 7.36. The fraction of sp³-hybridized carbons (Fsp3) is 0.240. The number of ether oxygens (including phenoxy) is 3. The van der Waals surface area contributed by atoms with Gasteiger partial charge in [0.25, 0.3) is 5.91 Å². The first-order valence-electron chi connectivity index (χ1n) is 10.3. The Labute approximate surface area is 186 Å². The molecule has 0 radical (unpaired) electrons. The molecule has 0 spiro atoms. The minimum Gasteiger partial charge on any atom is -0.497 e. The van der Waals surface area contributed by atoms with E-state index in [1.165, 1.54) is 17.5 Å². The smallest absolute Gasteiger partial charge is 0.262 e. The highest BCUT2D eigenvalue weighted by Gasteiger charge is 2.16. The van der Waals surface area contributed by atoms with Crippen LogP contribution in [0, 0.1) is 0 Å². The number of fused-ring (bicyclic) bond motifs is 1. The highest BCUT2D eigenvalue weighted by atomic mass is 35.5. The summed E-state index contributed by atoms with van der Waals surface area (Å²) in [5.74, 6) is 2.24. The third-order valence-electron chi connectivity index (χ3n) is 5.20. The zero-order valence-corrected chi connectivity index (χ0v) is 18.1. The maximum absolute atomic E-state index is 12.6. The average Bonchev–Trinajstić information content (AvgIpc) is 2.79. The lowest BCUT2D eigenvalue weighted by atomic mass is 9.91. The number of hydrogen-bond acceptors (Lipinski definition) is 4. The van der Waals surface area contributed by atoms with Crippen molar-refractivity contribution in [3.63, 3.8) is 0 Å². The average molecular weight is 438 g/mol. The number of anilines is 1. The SMILES string of the molecule is COc1cccc(Oc2ccc(Cl)cc2NC(=O)COc2cccc3c2CCCC3)c1. The van der Waals surface area contributed by atoms with Gasteiger partial charge in [-0.2, -0.15) is 0 Å². The van der Waals surface area contributed by atoms with Gasteiger partial charge < -0.3 is 19.5 Å². The number of aryl methyl sites for hydroxylation is 1. The highest BCUT2D eigenvalue weighted by molar-refractivity contribution is 6.31. The fourth-order valence-electron chi connectivity index (χ4n) is 3.69. The van der Waals surface area contributed by atoms with Crippen LogP contribution in [0.3, 0.4) is 0 Å². The van der Waals surface area contributed by atoms with Crippen LogP contribution in [0.2, 0.25) is 5.02 Å². The molecule has 0 aromatic heterocycles. The molecule has 5 nitrogen and oxygen atoms in total. The second kappa shape index (κ2) is 9.75. The first-order valence-corrected chi connectivity index (χ1v) is 10.6. The van der Waals surface area contributed by atoms with Crippen molar-refractivity contribution in [2.45, 2.75) is 25.7 Å². The summed E-state index contributed by atoms with van der Waals surface area (Å²) < 4.78 is 17.0. The van der Waals surface area contributed by atoms with Crippen LogP contribution in [-0.2, 0) is 17.6 Å². The largest absolute Gasteiger partial charge is 0.497 e. The Morgan fingerprint density at radius 3 is 2.65 bits per heavy atom. The Morgan fingerprint density at radius 1 is 0.968 bits per heavy atom. The molecule has 0 heterocycles. The van der Waals surface area contributed by atoms with Crippen molar-refractivity contribution in [3.8, 4) is 23.0 Å². The van der Waals surface area contributed by atoms with Gasteiger partial charge in [0.1, 0.15) is 17.2 Å². The van der Waals surface area contributed by atoms with Crippen molar-refractivity contribution < 1.29 is 19.0 Å². The van der Waals surface area contributed by atoms with Gasteiger partial charge in [-0.3, -0.25) is 4.79 Å². The van der Waals surface area contributed by atoms with E-state index in [-0.39, 0.29) is 12.5 Å². The summed E-state index contributed by atoms with van der Waals surface area (Å²) in [7, 11) is 1.59. The molecule has 1 N–H and O–H groups in total. The number of carbonyl (C=O) groups excluding carboxylic acids is 1. The van der Waals surface area contributed by atoms with Gasteiger partial charge in [0.05, 0.1) is 12.8 Å². The predicted molar refractivity (Wildman–Crippen MR) is 122 cm³/mol. The van der Waals surface area contributed by atoms with E-state index >= 15 is 0 Å². The number of benzene rings is 3. The van der Waals surface area contributed by atoms with E-state index in [0.29, 0.717) is 28.0 Å². The molecule has 1 aliphatic rings. The van der Waals surface area contributed by atoms with Crippen LogP contribution in [0.1, 0.15) is 24.0 Å². The maximum Gasteiger partial charge on any atom is 0.262 e. The van der Waals surface area contributed by atoms with Crippen LogP contribution in [0.4, 0.5) is 5.69 Å². The Morgan fingerprint density at radius 2 is 1.77 bits per heavy atom. The highest BCUT2D eigenvalue weighted by Crippen LogP contribution is 2.33. The van der Waals surface area contributed by atoms with Crippen LogP contribution in [0.25, 0.3) is 0 Å². The summed E-state index contributed by atoms with van der Waals surface area (Å²) in [6, 6.07) is 18.4. The van der Waals surface area contributed by atoms with Crippen molar-refractivity contribution >= 4 is 23.2 Å². The zero-order chi connectivity index (χ0) is 21.6. The summed E-state index contributed by atoms with van der Waals surface area (Å²) in [6.07, 6.45) is 4.39. The van der Waals surface area contributed by atoms with Crippen LogP contribution in [0.15, 0.2) is 60.7 Å². The number of nitrogens with one attached hydrogen (secondary N) is 1. The fourth-order valence-corrected chi connectivity index (χ4v) is 3.86. The van der Waals surface area contributed by atoms with Crippen LogP contribution >= 0.6 is 11.6 Å². The molecule has 160 valence electrons. The zero-order valence-electron chi connectivity index (χ0n) is 17.3. The summed E-state index contributed by atoms with van der Waals surface area (Å²) in [4.78, 5) is 12.6. The molecule has 3 aromatic carbocycles. The van der Waals surface area contributed by atoms with E-state index < -0.39 is 0 Å². The van der Waals surface area contributed by atoms with Crippen molar-refractivity contribution in [3.05, 3.63) is 76.8 Å². The topological polar surface area (TPSA) is 56.8 Å². The molecule has 0 saturated carbocycles. The van der Waals surface area contributed by atoms with Gasteiger partial charge in [-0.1, -0.05) is 29.8 Å². The number of amides is 1. The van der Waals surface area contributed by atoms with Crippen LogP contribution in [0.5, 0.6) is 23.0 Å². The van der Waals surface area contributed by atoms with E-state index in [2.05, 4.69) is 11.4 Å². The molecular formula is C25H24ClNO4. The monoisotopic (exact) mass is 437 g/mol. The van der Waals surface area contributed by atoms with E-state index in [1.807, 2.05) is 30.3 Å². The Hall–Kier alpha value is -3.18. The molecule has 0 saturated heterocycles. The molecule has 3 aromatic rings.